The Kier molecular flexibility index (Phi) is 7.01. The number of carboxylic acids is 2. The lowest BCUT2D eigenvalue weighted by Crippen LogP contribution is -2.06. The molecule has 3 heterocycles. The van der Waals surface area contributed by atoms with Crippen LogP contribution < -0.4 is 0 Å². The number of hydrogen-bond acceptors (Lipinski definition) is 11. The molecule has 3 aromatic heterocycles. The minimum absolute atomic E-state index is 0.0152. The van der Waals surface area contributed by atoms with Crippen molar-refractivity contribution in [2.75, 3.05) is 0 Å². The van der Waals surface area contributed by atoms with Crippen LogP contribution >= 0.6 is 0 Å². The first-order chi connectivity index (χ1) is 20.7. The molecule has 0 aliphatic rings. The van der Waals surface area contributed by atoms with E-state index in [2.05, 4.69) is 25.6 Å². The fraction of sp³-hybridized carbons (Fsp3) is 0.0417. The van der Waals surface area contributed by atoms with Gasteiger partial charge < -0.3 is 10.2 Å². The lowest BCUT2D eigenvalue weighted by Gasteiger charge is -2.09. The Balaban J connectivity index is 1.55. The van der Waals surface area contributed by atoms with Gasteiger partial charge in [-0.25, -0.2) is 23.9 Å². The molecule has 0 bridgehead atoms. The van der Waals surface area contributed by atoms with Crippen molar-refractivity contribution >= 4 is 23.3 Å². The molecule has 2 aromatic carbocycles. The average Bonchev–Trinajstić information content (AvgIpc) is 3.67. The number of carbonyl (C=O) groups is 2. The molecule has 17 nitrogen and oxygen atoms in total. The largest absolute Gasteiger partial charge is 0.477 e. The van der Waals surface area contributed by atoms with Crippen LogP contribution in [0.3, 0.4) is 0 Å². The van der Waals surface area contributed by atoms with Gasteiger partial charge in [0.1, 0.15) is 22.5 Å². The summed E-state index contributed by atoms with van der Waals surface area (Å²) in [6.07, 6.45) is -2.63. The van der Waals surface area contributed by atoms with Crippen LogP contribution in [0.25, 0.3) is 34.2 Å². The number of aromatic carboxylic acids is 2. The maximum atomic E-state index is 13.8. The molecule has 0 fully saturated rings. The molecular weight excluding hydrogens is 599 g/mol. The summed E-state index contributed by atoms with van der Waals surface area (Å²) in [5, 5.41) is 56.1. The zero-order valence-corrected chi connectivity index (χ0v) is 21.3. The lowest BCUT2D eigenvalue weighted by molar-refractivity contribution is -0.385. The van der Waals surface area contributed by atoms with Crippen LogP contribution in [-0.2, 0) is 6.18 Å². The molecule has 0 spiro atoms. The Bertz CT molecular complexity index is 1870. The molecule has 2 N–H and O–H groups in total. The summed E-state index contributed by atoms with van der Waals surface area (Å²) in [6.45, 7) is 0. The molecule has 20 heteroatoms. The number of nitro benzene ring substituents is 2. The predicted molar refractivity (Wildman–Crippen MR) is 137 cm³/mol. The smallest absolute Gasteiger partial charge is 0.416 e. The van der Waals surface area contributed by atoms with Gasteiger partial charge in [0.05, 0.1) is 50.6 Å². The standard InChI is InChI=1S/C24H12F3N9O8/c25-24(26,27)11-5-16(18-9-33(31-29-18)12-1-3-14(22(37)38)20(7-12)35(41)42)28-17(6-11)19-10-34(32-30-19)13-2-4-15(23(39)40)21(8-13)36(43)44/h1-10H,(H,37,38)(H,39,40). The van der Waals surface area contributed by atoms with Gasteiger partial charge >= 0.3 is 18.1 Å². The van der Waals surface area contributed by atoms with Gasteiger partial charge in [0.2, 0.25) is 0 Å². The Morgan fingerprint density at radius 2 is 1.11 bits per heavy atom. The monoisotopic (exact) mass is 611 g/mol. The van der Waals surface area contributed by atoms with E-state index < -0.39 is 56.0 Å². The van der Waals surface area contributed by atoms with Crippen LogP contribution in [0.15, 0.2) is 60.9 Å². The summed E-state index contributed by atoms with van der Waals surface area (Å²) >= 11 is 0. The SMILES string of the molecule is O=C(O)c1ccc(-n2cc(-c3cc(C(F)(F)F)cc(-c4cn(-c5ccc(C(=O)O)c([N+](=O)[O-])c5)nn4)n3)nn2)cc1[N+](=O)[O-]. The van der Waals surface area contributed by atoms with Crippen molar-refractivity contribution in [3.8, 4) is 34.2 Å². The summed E-state index contributed by atoms with van der Waals surface area (Å²) in [5.41, 5.74) is -4.96. The van der Waals surface area contributed by atoms with Gasteiger partial charge in [-0.2, -0.15) is 13.2 Å². The van der Waals surface area contributed by atoms with Crippen LogP contribution in [0.4, 0.5) is 24.5 Å². The van der Waals surface area contributed by atoms with Gasteiger partial charge in [0.15, 0.2) is 0 Å². The summed E-state index contributed by atoms with van der Waals surface area (Å²) in [7, 11) is 0. The second kappa shape index (κ2) is 10.7. The maximum absolute atomic E-state index is 13.8. The molecule has 0 saturated heterocycles. The molecule has 0 saturated carbocycles. The van der Waals surface area contributed by atoms with E-state index in [1.807, 2.05) is 0 Å². The summed E-state index contributed by atoms with van der Waals surface area (Å²) in [4.78, 5) is 47.6. The minimum Gasteiger partial charge on any atom is -0.477 e. The highest BCUT2D eigenvalue weighted by atomic mass is 19.4. The summed E-state index contributed by atoms with van der Waals surface area (Å²) in [5.74, 6) is -3.09. The van der Waals surface area contributed by atoms with E-state index >= 15 is 0 Å². The van der Waals surface area contributed by atoms with Crippen molar-refractivity contribution in [3.63, 3.8) is 0 Å². The first-order valence-corrected chi connectivity index (χ1v) is 11.7. The number of carboxylic acid groups (broad SMARTS) is 2. The van der Waals surface area contributed by atoms with E-state index in [9.17, 15) is 53.2 Å². The van der Waals surface area contributed by atoms with Gasteiger partial charge in [-0.3, -0.25) is 20.2 Å². The van der Waals surface area contributed by atoms with Crippen molar-refractivity contribution in [1.82, 2.24) is 35.0 Å². The van der Waals surface area contributed by atoms with Crippen LogP contribution in [0.1, 0.15) is 26.3 Å². The molecule has 5 aromatic rings. The van der Waals surface area contributed by atoms with E-state index in [1.54, 1.807) is 0 Å². The molecule has 5 rings (SSSR count). The zero-order valence-electron chi connectivity index (χ0n) is 21.3. The van der Waals surface area contributed by atoms with Crippen LogP contribution in [-0.4, -0.2) is 67.0 Å². The third-order valence-corrected chi connectivity index (χ3v) is 6.01. The van der Waals surface area contributed by atoms with Gasteiger partial charge in [0.25, 0.3) is 11.4 Å². The first-order valence-electron chi connectivity index (χ1n) is 11.7. The number of pyridine rings is 1. The molecule has 0 radical (unpaired) electrons. The van der Waals surface area contributed by atoms with E-state index in [4.69, 9.17) is 0 Å². The third kappa shape index (κ3) is 5.48. The van der Waals surface area contributed by atoms with Gasteiger partial charge in [-0.05, 0) is 36.4 Å². The maximum Gasteiger partial charge on any atom is 0.416 e. The Morgan fingerprint density at radius 3 is 1.45 bits per heavy atom. The normalized spacial score (nSPS) is 11.3. The van der Waals surface area contributed by atoms with Crippen molar-refractivity contribution in [3.05, 3.63) is 97.8 Å². The van der Waals surface area contributed by atoms with E-state index in [-0.39, 0.29) is 34.2 Å². The second-order valence-electron chi connectivity index (χ2n) is 8.75. The number of hydrogen-bond donors (Lipinski definition) is 2. The van der Waals surface area contributed by atoms with Gasteiger partial charge in [-0.15, -0.1) is 10.2 Å². The first kappa shape index (κ1) is 28.9. The molecule has 222 valence electrons. The fourth-order valence-corrected chi connectivity index (χ4v) is 3.96. The van der Waals surface area contributed by atoms with E-state index in [1.165, 1.54) is 12.1 Å². The molecule has 0 unspecified atom stereocenters. The third-order valence-electron chi connectivity index (χ3n) is 6.01. The topological polar surface area (TPSA) is 235 Å². The number of aromatic nitrogens is 7. The van der Waals surface area contributed by atoms with Crippen molar-refractivity contribution in [2.45, 2.75) is 6.18 Å². The van der Waals surface area contributed by atoms with Crippen LogP contribution in [0.5, 0.6) is 0 Å². The Morgan fingerprint density at radius 1 is 0.705 bits per heavy atom. The van der Waals surface area contributed by atoms with Crippen molar-refractivity contribution in [2.24, 2.45) is 0 Å². The number of nitrogens with zero attached hydrogens (tertiary/aromatic N) is 9. The number of alkyl halides is 3. The molecule has 44 heavy (non-hydrogen) atoms. The number of rotatable bonds is 8. The van der Waals surface area contributed by atoms with Crippen LogP contribution in [0.2, 0.25) is 0 Å². The molecular formula is C24H12F3N9O8. The van der Waals surface area contributed by atoms with E-state index in [0.717, 1.165) is 46.0 Å². The molecule has 0 atom stereocenters. The molecule has 0 aliphatic carbocycles. The van der Waals surface area contributed by atoms with Gasteiger partial charge in [-0.1, -0.05) is 10.4 Å². The minimum atomic E-state index is -4.86. The molecule has 0 amide bonds. The van der Waals surface area contributed by atoms with Crippen LogP contribution in [0, 0.1) is 20.2 Å². The zero-order chi connectivity index (χ0) is 31.9. The lowest BCUT2D eigenvalue weighted by atomic mass is 10.1. The molecule has 0 aliphatic heterocycles. The van der Waals surface area contributed by atoms with E-state index in [0.29, 0.717) is 12.1 Å². The highest BCUT2D eigenvalue weighted by Crippen LogP contribution is 2.34. The van der Waals surface area contributed by atoms with Crippen molar-refractivity contribution in [1.29, 1.82) is 0 Å². The second-order valence-corrected chi connectivity index (χ2v) is 8.75. The quantitative estimate of drug-likeness (QED) is 0.188. The number of nitro groups is 2. The summed E-state index contributed by atoms with van der Waals surface area (Å²) < 4.78 is 43.4. The summed E-state index contributed by atoms with van der Waals surface area (Å²) in [6, 6.07) is 7.45. The average molecular weight is 611 g/mol. The highest BCUT2D eigenvalue weighted by molar-refractivity contribution is 5.93. The van der Waals surface area contributed by atoms with Crippen molar-refractivity contribution < 1.29 is 42.8 Å². The fourth-order valence-electron chi connectivity index (χ4n) is 3.96. The van der Waals surface area contributed by atoms with Gasteiger partial charge in [0, 0.05) is 12.1 Å². The highest BCUT2D eigenvalue weighted by Gasteiger charge is 2.33. The Hall–Kier alpha value is -6.60. The number of benzene rings is 2. The number of halogens is 3. The Labute approximate surface area is 239 Å². The predicted octanol–water partition coefficient (Wildman–Crippen LogP) is 3.81.